The van der Waals surface area contributed by atoms with Gasteiger partial charge in [-0.3, -0.25) is 0 Å². The normalized spacial score (nSPS) is 19.7. The lowest BCUT2D eigenvalue weighted by Gasteiger charge is -2.43. The minimum absolute atomic E-state index is 0.190. The minimum Gasteiger partial charge on any atom is -0.383 e. The predicted molar refractivity (Wildman–Crippen MR) is 115 cm³/mol. The summed E-state index contributed by atoms with van der Waals surface area (Å²) in [5.74, 6) is -0.0838. The van der Waals surface area contributed by atoms with Crippen molar-refractivity contribution in [3.05, 3.63) is 70.1 Å². The van der Waals surface area contributed by atoms with Gasteiger partial charge >= 0.3 is 0 Å². The second-order valence-corrected chi connectivity index (χ2v) is 9.16. The van der Waals surface area contributed by atoms with Gasteiger partial charge in [0.25, 0.3) is 0 Å². The van der Waals surface area contributed by atoms with Crippen LogP contribution in [0, 0.1) is 11.7 Å². The first-order chi connectivity index (χ1) is 14.0. The SMILES string of the molecule is CN1CCc2c(n(CC(O)(c3ccc(F)cc3)C3CCC3)c3ccc(Cl)cc23)C1. The summed E-state index contributed by atoms with van der Waals surface area (Å²) in [6, 6.07) is 12.4. The number of likely N-dealkylation sites (N-methyl/N-ethyl adjacent to an activating group) is 1. The summed E-state index contributed by atoms with van der Waals surface area (Å²) in [5.41, 5.74) is 3.51. The molecule has 1 atom stereocenters. The molecule has 3 aromatic rings. The van der Waals surface area contributed by atoms with E-state index in [1.54, 1.807) is 12.1 Å². The summed E-state index contributed by atoms with van der Waals surface area (Å²) in [5, 5.41) is 13.9. The Labute approximate surface area is 175 Å². The maximum atomic E-state index is 13.6. The standard InChI is InChI=1S/C24H26ClFN2O/c1-27-12-11-20-21-13-18(25)7-10-22(21)28(23(20)14-27)15-24(29,16-3-2-4-16)17-5-8-19(26)9-6-17/h5-10,13,16,29H,2-4,11-12,14-15H2,1H3. The van der Waals surface area contributed by atoms with Crippen LogP contribution in [0.2, 0.25) is 5.02 Å². The number of halogens is 2. The number of aliphatic hydroxyl groups is 1. The Bertz CT molecular complexity index is 1060. The van der Waals surface area contributed by atoms with Crippen molar-refractivity contribution in [3.63, 3.8) is 0 Å². The lowest BCUT2D eigenvalue weighted by atomic mass is 9.69. The average molecular weight is 413 g/mol. The van der Waals surface area contributed by atoms with Crippen LogP contribution in [0.3, 0.4) is 0 Å². The average Bonchev–Trinajstić information content (AvgIpc) is 2.93. The summed E-state index contributed by atoms with van der Waals surface area (Å²) in [6.45, 7) is 2.35. The van der Waals surface area contributed by atoms with Crippen LogP contribution in [-0.4, -0.2) is 28.2 Å². The Hall–Kier alpha value is -1.88. The Kier molecular flexibility index (Phi) is 4.69. The van der Waals surface area contributed by atoms with Crippen molar-refractivity contribution in [1.82, 2.24) is 9.47 Å². The maximum Gasteiger partial charge on any atom is 0.123 e. The van der Waals surface area contributed by atoms with Crippen molar-refractivity contribution in [2.45, 2.75) is 44.4 Å². The zero-order valence-corrected chi connectivity index (χ0v) is 17.4. The quantitative estimate of drug-likeness (QED) is 0.645. The third kappa shape index (κ3) is 3.18. The molecule has 3 nitrogen and oxygen atoms in total. The second kappa shape index (κ2) is 7.12. The van der Waals surface area contributed by atoms with E-state index in [1.807, 2.05) is 6.07 Å². The minimum atomic E-state index is -1.01. The highest BCUT2D eigenvalue weighted by molar-refractivity contribution is 6.31. The Morgan fingerprint density at radius 1 is 1.17 bits per heavy atom. The van der Waals surface area contributed by atoms with Crippen molar-refractivity contribution in [2.24, 2.45) is 5.92 Å². The Morgan fingerprint density at radius 3 is 2.62 bits per heavy atom. The number of aromatic nitrogens is 1. The number of hydrogen-bond donors (Lipinski definition) is 1. The van der Waals surface area contributed by atoms with Crippen molar-refractivity contribution in [2.75, 3.05) is 13.6 Å². The summed E-state index contributed by atoms with van der Waals surface area (Å²) in [7, 11) is 2.13. The van der Waals surface area contributed by atoms with Gasteiger partial charge in [0.2, 0.25) is 0 Å². The van der Waals surface area contributed by atoms with E-state index in [-0.39, 0.29) is 11.7 Å². The fourth-order valence-electron chi connectivity index (χ4n) is 5.05. The first-order valence-electron chi connectivity index (χ1n) is 10.4. The van der Waals surface area contributed by atoms with Crippen molar-refractivity contribution in [1.29, 1.82) is 0 Å². The Balaban J connectivity index is 1.66. The van der Waals surface area contributed by atoms with E-state index >= 15 is 0 Å². The molecule has 29 heavy (non-hydrogen) atoms. The van der Waals surface area contributed by atoms with Gasteiger partial charge in [-0.2, -0.15) is 0 Å². The van der Waals surface area contributed by atoms with E-state index in [1.165, 1.54) is 28.8 Å². The van der Waals surface area contributed by atoms with Crippen LogP contribution in [0.5, 0.6) is 0 Å². The molecule has 2 aliphatic rings. The van der Waals surface area contributed by atoms with Gasteiger partial charge in [-0.25, -0.2) is 4.39 Å². The molecule has 2 heterocycles. The highest BCUT2D eigenvalue weighted by Crippen LogP contribution is 2.45. The molecule has 1 aromatic heterocycles. The van der Waals surface area contributed by atoms with Crippen LogP contribution in [0.15, 0.2) is 42.5 Å². The van der Waals surface area contributed by atoms with Crippen LogP contribution >= 0.6 is 11.6 Å². The molecule has 1 aliphatic carbocycles. The summed E-state index contributed by atoms with van der Waals surface area (Å²) in [4.78, 5) is 2.32. The van der Waals surface area contributed by atoms with Crippen LogP contribution < -0.4 is 0 Å². The van der Waals surface area contributed by atoms with Crippen molar-refractivity contribution in [3.8, 4) is 0 Å². The molecule has 0 saturated heterocycles. The summed E-state index contributed by atoms with van der Waals surface area (Å²) < 4.78 is 15.8. The van der Waals surface area contributed by atoms with Gasteiger partial charge in [0.05, 0.1) is 6.54 Å². The smallest absolute Gasteiger partial charge is 0.123 e. The van der Waals surface area contributed by atoms with E-state index in [9.17, 15) is 9.50 Å². The van der Waals surface area contributed by atoms with E-state index in [0.29, 0.717) is 6.54 Å². The summed E-state index contributed by atoms with van der Waals surface area (Å²) in [6.07, 6.45) is 4.12. The van der Waals surface area contributed by atoms with Gasteiger partial charge in [0, 0.05) is 34.7 Å². The summed E-state index contributed by atoms with van der Waals surface area (Å²) >= 11 is 6.32. The van der Waals surface area contributed by atoms with Crippen LogP contribution in [0.4, 0.5) is 4.39 Å². The topological polar surface area (TPSA) is 28.4 Å². The Morgan fingerprint density at radius 2 is 1.93 bits per heavy atom. The van der Waals surface area contributed by atoms with Gasteiger partial charge in [0.1, 0.15) is 11.4 Å². The zero-order valence-electron chi connectivity index (χ0n) is 16.7. The van der Waals surface area contributed by atoms with E-state index in [2.05, 4.69) is 28.6 Å². The maximum absolute atomic E-state index is 13.6. The molecule has 5 heteroatoms. The molecule has 0 spiro atoms. The first kappa shape index (κ1) is 19.1. The van der Waals surface area contributed by atoms with Gasteiger partial charge in [-0.05, 0) is 73.7 Å². The molecule has 1 saturated carbocycles. The second-order valence-electron chi connectivity index (χ2n) is 8.72. The fourth-order valence-corrected chi connectivity index (χ4v) is 5.22. The first-order valence-corrected chi connectivity index (χ1v) is 10.8. The molecule has 1 N–H and O–H groups in total. The van der Waals surface area contributed by atoms with Gasteiger partial charge in [0.15, 0.2) is 0 Å². The molecule has 0 radical (unpaired) electrons. The monoisotopic (exact) mass is 412 g/mol. The van der Waals surface area contributed by atoms with Crippen LogP contribution in [0.25, 0.3) is 10.9 Å². The molecule has 5 rings (SSSR count). The van der Waals surface area contributed by atoms with Crippen LogP contribution in [0.1, 0.15) is 36.1 Å². The third-order valence-electron chi connectivity index (χ3n) is 6.94. The third-order valence-corrected chi connectivity index (χ3v) is 7.17. The molecule has 152 valence electrons. The highest BCUT2D eigenvalue weighted by atomic mass is 35.5. The molecular formula is C24H26ClFN2O. The molecule has 2 aromatic carbocycles. The number of nitrogens with zero attached hydrogens (tertiary/aromatic N) is 2. The lowest BCUT2D eigenvalue weighted by molar-refractivity contribution is -0.0697. The van der Waals surface area contributed by atoms with Crippen molar-refractivity contribution >= 4 is 22.5 Å². The number of rotatable bonds is 4. The molecule has 1 fully saturated rings. The molecular weight excluding hydrogens is 387 g/mol. The number of fused-ring (bicyclic) bond motifs is 3. The molecule has 0 bridgehead atoms. The number of benzene rings is 2. The van der Waals surface area contributed by atoms with Crippen molar-refractivity contribution < 1.29 is 9.50 Å². The van der Waals surface area contributed by atoms with Crippen LogP contribution in [-0.2, 0) is 25.1 Å². The predicted octanol–water partition coefficient (Wildman–Crippen LogP) is 5.11. The van der Waals surface area contributed by atoms with E-state index in [0.717, 1.165) is 54.9 Å². The molecule has 1 unspecified atom stereocenters. The highest BCUT2D eigenvalue weighted by Gasteiger charge is 2.43. The van der Waals surface area contributed by atoms with E-state index in [4.69, 9.17) is 11.6 Å². The zero-order chi connectivity index (χ0) is 20.2. The largest absolute Gasteiger partial charge is 0.383 e. The lowest BCUT2D eigenvalue weighted by Crippen LogP contribution is -2.43. The van der Waals surface area contributed by atoms with Gasteiger partial charge in [-0.15, -0.1) is 0 Å². The van der Waals surface area contributed by atoms with E-state index < -0.39 is 5.60 Å². The molecule has 1 aliphatic heterocycles. The molecule has 0 amide bonds. The number of hydrogen-bond acceptors (Lipinski definition) is 2. The van der Waals surface area contributed by atoms with Gasteiger partial charge in [-0.1, -0.05) is 30.2 Å². The van der Waals surface area contributed by atoms with Gasteiger partial charge < -0.3 is 14.6 Å². The fraction of sp³-hybridized carbons (Fsp3) is 0.417.